The van der Waals surface area contributed by atoms with E-state index in [-0.39, 0.29) is 23.0 Å². The van der Waals surface area contributed by atoms with E-state index in [0.717, 1.165) is 0 Å². The van der Waals surface area contributed by atoms with Crippen LogP contribution in [0.1, 0.15) is 27.0 Å². The number of rotatable bonds is 2. The summed E-state index contributed by atoms with van der Waals surface area (Å²) in [7, 11) is -3.90. The van der Waals surface area contributed by atoms with E-state index in [1.807, 2.05) is 0 Å². The fraction of sp³-hybridized carbons (Fsp3) is 0.0500. The molecule has 0 aliphatic carbocycles. The highest BCUT2D eigenvalue weighted by Gasteiger charge is 2.53. The molecule has 1 spiro atoms. The van der Waals surface area contributed by atoms with Crippen molar-refractivity contribution in [1.82, 2.24) is 0 Å². The van der Waals surface area contributed by atoms with Crippen LogP contribution in [0.25, 0.3) is 0 Å². The van der Waals surface area contributed by atoms with Crippen molar-refractivity contribution in [3.05, 3.63) is 82.9 Å². The van der Waals surface area contributed by atoms with Crippen molar-refractivity contribution in [2.24, 2.45) is 0 Å². The summed E-state index contributed by atoms with van der Waals surface area (Å²) in [6, 6.07) is 16.0. The number of esters is 1. The van der Waals surface area contributed by atoms with Crippen LogP contribution in [0.15, 0.2) is 60.7 Å². The normalized spacial score (nSPS) is 20.7. The van der Waals surface area contributed by atoms with E-state index >= 15 is 0 Å². The summed E-state index contributed by atoms with van der Waals surface area (Å²) in [5.41, 5.74) is 0.810. The Morgan fingerprint density at radius 1 is 0.966 bits per heavy atom. The SMILES string of the molecule is O=C1OC2(c3ccc(O)cc3Oc3cc(OS(=O)(O)=S)ccc32)c2ccccc21. The van der Waals surface area contributed by atoms with Gasteiger partial charge in [0.05, 0.1) is 16.8 Å². The van der Waals surface area contributed by atoms with Crippen molar-refractivity contribution in [3.63, 3.8) is 0 Å². The summed E-state index contributed by atoms with van der Waals surface area (Å²) in [4.78, 5) is 12.7. The molecular weight excluding hydrogens is 416 g/mol. The van der Waals surface area contributed by atoms with Crippen LogP contribution in [0.5, 0.6) is 23.0 Å². The second-order valence-electron chi connectivity index (χ2n) is 6.57. The first-order valence-electron chi connectivity index (χ1n) is 8.43. The third-order valence-corrected chi connectivity index (χ3v) is 5.48. The van der Waals surface area contributed by atoms with Gasteiger partial charge in [0, 0.05) is 28.8 Å². The van der Waals surface area contributed by atoms with Gasteiger partial charge >= 0.3 is 15.0 Å². The first kappa shape index (κ1) is 17.9. The zero-order valence-corrected chi connectivity index (χ0v) is 16.2. The number of phenols is 1. The molecule has 2 aliphatic rings. The quantitative estimate of drug-likeness (QED) is 0.598. The van der Waals surface area contributed by atoms with Gasteiger partial charge in [-0.05, 0) is 30.3 Å². The average molecular weight is 428 g/mol. The number of hydrogen-bond acceptors (Lipinski definition) is 7. The van der Waals surface area contributed by atoms with Crippen LogP contribution in [0.4, 0.5) is 0 Å². The van der Waals surface area contributed by atoms with Crippen molar-refractivity contribution < 1.29 is 32.3 Å². The van der Waals surface area contributed by atoms with Crippen LogP contribution in [0.3, 0.4) is 0 Å². The van der Waals surface area contributed by atoms with E-state index in [4.69, 9.17) is 13.7 Å². The lowest BCUT2D eigenvalue weighted by Crippen LogP contribution is -2.33. The lowest BCUT2D eigenvalue weighted by atomic mass is 9.77. The lowest BCUT2D eigenvalue weighted by Gasteiger charge is -2.36. The Bertz CT molecular complexity index is 1300. The zero-order chi connectivity index (χ0) is 20.4. The Hall–Kier alpha value is -3.14. The summed E-state index contributed by atoms with van der Waals surface area (Å²) in [5, 5.41) is 9.92. The summed E-state index contributed by atoms with van der Waals surface area (Å²) in [5.74, 6) is 0.0154. The molecule has 2 heterocycles. The molecule has 0 radical (unpaired) electrons. The van der Waals surface area contributed by atoms with E-state index in [2.05, 4.69) is 11.2 Å². The van der Waals surface area contributed by atoms with E-state index in [1.165, 1.54) is 24.3 Å². The molecule has 0 saturated carbocycles. The van der Waals surface area contributed by atoms with E-state index in [9.17, 15) is 18.7 Å². The summed E-state index contributed by atoms with van der Waals surface area (Å²) in [6.07, 6.45) is 0. The van der Waals surface area contributed by atoms with Gasteiger partial charge in [0.25, 0.3) is 0 Å². The molecule has 3 aromatic carbocycles. The molecule has 9 heteroatoms. The molecule has 0 amide bonds. The van der Waals surface area contributed by atoms with Crippen molar-refractivity contribution in [1.29, 1.82) is 0 Å². The fourth-order valence-corrected chi connectivity index (χ4v) is 4.40. The molecule has 0 bridgehead atoms. The first-order valence-corrected chi connectivity index (χ1v) is 10.8. The number of carbonyl (C=O) groups excluding carboxylic acids is 1. The molecule has 2 N–H and O–H groups in total. The number of hydrogen-bond donors (Lipinski definition) is 2. The third kappa shape index (κ3) is 2.66. The van der Waals surface area contributed by atoms with E-state index < -0.39 is 20.6 Å². The molecule has 2 aliphatic heterocycles. The minimum Gasteiger partial charge on any atom is -0.508 e. The van der Waals surface area contributed by atoms with Crippen LogP contribution in [0, 0.1) is 0 Å². The van der Waals surface area contributed by atoms with Gasteiger partial charge in [-0.15, -0.1) is 0 Å². The zero-order valence-electron chi connectivity index (χ0n) is 14.5. The standard InChI is InChI=1S/C20H12O7S2/c21-11-5-7-15-17(9-11)25-18-10-12(27-29(23,24)28)6-8-16(18)20(15)14-4-2-1-3-13(14)19(22)26-20/h1-10,21H,(H,23,24,28). The van der Waals surface area contributed by atoms with Gasteiger partial charge in [0.1, 0.15) is 23.0 Å². The number of benzene rings is 3. The number of phenolic OH excluding ortho intramolecular Hbond substituents is 1. The monoisotopic (exact) mass is 428 g/mol. The first-order chi connectivity index (χ1) is 13.8. The molecule has 0 fully saturated rings. The highest BCUT2D eigenvalue weighted by Crippen LogP contribution is 2.56. The van der Waals surface area contributed by atoms with Crippen LogP contribution >= 0.6 is 0 Å². The molecule has 5 rings (SSSR count). The maximum absolute atomic E-state index is 12.7. The largest absolute Gasteiger partial charge is 0.508 e. The molecule has 29 heavy (non-hydrogen) atoms. The Morgan fingerprint density at radius 2 is 1.66 bits per heavy atom. The van der Waals surface area contributed by atoms with Gasteiger partial charge in [-0.25, -0.2) is 4.79 Å². The Morgan fingerprint density at radius 3 is 2.41 bits per heavy atom. The van der Waals surface area contributed by atoms with Gasteiger partial charge in [-0.3, -0.25) is 4.55 Å². The molecule has 7 nitrogen and oxygen atoms in total. The summed E-state index contributed by atoms with van der Waals surface area (Å²) < 4.78 is 37.5. The minimum atomic E-state index is -3.90. The van der Waals surface area contributed by atoms with E-state index in [0.29, 0.717) is 22.3 Å². The smallest absolute Gasteiger partial charge is 0.340 e. The number of aromatic hydroxyl groups is 1. The van der Waals surface area contributed by atoms with Crippen molar-refractivity contribution in [2.75, 3.05) is 0 Å². The van der Waals surface area contributed by atoms with Crippen LogP contribution in [-0.4, -0.2) is 19.8 Å². The van der Waals surface area contributed by atoms with Gasteiger partial charge in [0.2, 0.25) is 0 Å². The second-order valence-corrected chi connectivity index (χ2v) is 8.85. The molecule has 2 unspecified atom stereocenters. The highest BCUT2D eigenvalue weighted by atomic mass is 32.9. The Balaban J connectivity index is 1.80. The Kier molecular flexibility index (Phi) is 3.66. The lowest BCUT2D eigenvalue weighted by molar-refractivity contribution is 0.0224. The van der Waals surface area contributed by atoms with Crippen molar-refractivity contribution in [2.45, 2.75) is 5.60 Å². The maximum Gasteiger partial charge on any atom is 0.340 e. The molecule has 0 saturated heterocycles. The molecular formula is C20H12O7S2. The van der Waals surface area contributed by atoms with Gasteiger partial charge < -0.3 is 18.8 Å². The van der Waals surface area contributed by atoms with E-state index in [1.54, 1.807) is 36.4 Å². The van der Waals surface area contributed by atoms with Crippen molar-refractivity contribution in [3.8, 4) is 23.0 Å². The molecule has 0 aromatic heterocycles. The predicted octanol–water partition coefficient (Wildman–Crippen LogP) is 3.47. The number of carbonyl (C=O) groups is 1. The molecule has 146 valence electrons. The van der Waals surface area contributed by atoms with Crippen LogP contribution in [-0.2, 0) is 30.6 Å². The topological polar surface area (TPSA) is 102 Å². The van der Waals surface area contributed by atoms with Crippen LogP contribution < -0.4 is 8.92 Å². The summed E-state index contributed by atoms with van der Waals surface area (Å²) >= 11 is 4.39. The minimum absolute atomic E-state index is 0.0163. The van der Waals surface area contributed by atoms with Gasteiger partial charge in [0.15, 0.2) is 5.60 Å². The van der Waals surface area contributed by atoms with Crippen LogP contribution in [0.2, 0.25) is 0 Å². The number of ether oxygens (including phenoxy) is 2. The Labute approximate surface area is 170 Å². The van der Waals surface area contributed by atoms with Crippen molar-refractivity contribution >= 4 is 26.2 Å². The molecule has 3 aromatic rings. The average Bonchev–Trinajstić information content (AvgIpc) is 2.94. The number of fused-ring (bicyclic) bond motifs is 6. The highest BCUT2D eigenvalue weighted by molar-refractivity contribution is 8.27. The third-order valence-electron chi connectivity index (χ3n) is 4.87. The predicted molar refractivity (Wildman–Crippen MR) is 105 cm³/mol. The van der Waals surface area contributed by atoms with Gasteiger partial charge in [-0.2, -0.15) is 4.21 Å². The molecule has 2 atom stereocenters. The summed E-state index contributed by atoms with van der Waals surface area (Å²) in [6.45, 7) is 0. The second kappa shape index (κ2) is 5.93. The fourth-order valence-electron chi connectivity index (χ4n) is 3.82. The maximum atomic E-state index is 12.7. The van der Waals surface area contributed by atoms with Gasteiger partial charge in [-0.1, -0.05) is 18.2 Å².